The molecule has 1 aliphatic rings. The van der Waals surface area contributed by atoms with Crippen LogP contribution in [0.2, 0.25) is 0 Å². The zero-order valence-electron chi connectivity index (χ0n) is 16.2. The van der Waals surface area contributed by atoms with Gasteiger partial charge in [0.15, 0.2) is 0 Å². The van der Waals surface area contributed by atoms with E-state index in [1.54, 1.807) is 19.2 Å². The number of H-pyrrole nitrogens is 1. The van der Waals surface area contributed by atoms with Crippen LogP contribution in [0.4, 0.5) is 4.39 Å². The Bertz CT molecular complexity index is 978. The van der Waals surface area contributed by atoms with E-state index in [2.05, 4.69) is 34.3 Å². The summed E-state index contributed by atoms with van der Waals surface area (Å²) in [5.74, 6) is 1.31. The Balaban J connectivity index is 1.44. The zero-order chi connectivity index (χ0) is 19.5. The lowest BCUT2D eigenvalue weighted by atomic mass is 10.0. The molecule has 4 nitrogen and oxygen atoms in total. The summed E-state index contributed by atoms with van der Waals surface area (Å²) < 4.78 is 24.5. The van der Waals surface area contributed by atoms with Crippen LogP contribution in [-0.4, -0.2) is 36.3 Å². The van der Waals surface area contributed by atoms with Gasteiger partial charge in [-0.15, -0.1) is 0 Å². The number of benzene rings is 2. The molecule has 0 bridgehead atoms. The molecule has 2 heterocycles. The van der Waals surface area contributed by atoms with Gasteiger partial charge in [0.05, 0.1) is 7.11 Å². The average Bonchev–Trinajstić information content (AvgIpc) is 3.12. The molecule has 1 aromatic heterocycles. The smallest absolute Gasteiger partial charge is 0.150 e. The fraction of sp³-hybridized carbons (Fsp3) is 0.304. The fourth-order valence-corrected chi connectivity index (χ4v) is 3.74. The highest BCUT2D eigenvalue weighted by Gasteiger charge is 2.20. The van der Waals surface area contributed by atoms with Gasteiger partial charge in [-0.1, -0.05) is 11.6 Å². The first-order valence-corrected chi connectivity index (χ1v) is 9.60. The number of rotatable bonds is 6. The van der Waals surface area contributed by atoms with E-state index in [0.717, 1.165) is 37.2 Å². The molecule has 0 saturated carbocycles. The minimum Gasteiger partial charge on any atom is -0.497 e. The van der Waals surface area contributed by atoms with Crippen LogP contribution in [0, 0.1) is 5.82 Å². The van der Waals surface area contributed by atoms with Crippen LogP contribution in [0.15, 0.2) is 60.3 Å². The van der Waals surface area contributed by atoms with Crippen molar-refractivity contribution in [3.05, 3.63) is 71.7 Å². The number of hydrogen-bond donors (Lipinski definition) is 1. The van der Waals surface area contributed by atoms with Crippen molar-refractivity contribution in [1.82, 2.24) is 9.88 Å². The van der Waals surface area contributed by atoms with E-state index in [-0.39, 0.29) is 12.0 Å². The van der Waals surface area contributed by atoms with Crippen LogP contribution in [-0.2, 0) is 6.42 Å². The van der Waals surface area contributed by atoms with Crippen LogP contribution in [0.5, 0.6) is 11.5 Å². The highest BCUT2D eigenvalue weighted by Crippen LogP contribution is 2.27. The SMILES string of the molecule is COc1ccc2[nH]cc(CC3=CCCN(C(C)Oc4ccc(F)cc4)C3)c2c1. The minimum absolute atomic E-state index is 0.0720. The molecular weight excluding hydrogens is 355 g/mol. The van der Waals surface area contributed by atoms with Crippen LogP contribution in [0.25, 0.3) is 10.9 Å². The van der Waals surface area contributed by atoms with Crippen molar-refractivity contribution in [2.75, 3.05) is 20.2 Å². The Labute approximate surface area is 164 Å². The van der Waals surface area contributed by atoms with Gasteiger partial charge >= 0.3 is 0 Å². The summed E-state index contributed by atoms with van der Waals surface area (Å²) in [6.45, 7) is 3.86. The Morgan fingerprint density at radius 3 is 2.71 bits per heavy atom. The summed E-state index contributed by atoms with van der Waals surface area (Å²) in [5.41, 5.74) is 3.77. The second kappa shape index (κ2) is 8.07. The number of hydrogen-bond acceptors (Lipinski definition) is 3. The van der Waals surface area contributed by atoms with Gasteiger partial charge in [0, 0.05) is 30.2 Å². The third kappa shape index (κ3) is 4.04. The second-order valence-electron chi connectivity index (χ2n) is 7.19. The van der Waals surface area contributed by atoms with Crippen LogP contribution in [0.3, 0.4) is 0 Å². The predicted octanol–water partition coefficient (Wildman–Crippen LogP) is 4.92. The number of aromatic nitrogens is 1. The van der Waals surface area contributed by atoms with Gasteiger partial charge in [-0.25, -0.2) is 4.39 Å². The topological polar surface area (TPSA) is 37.5 Å². The fourth-order valence-electron chi connectivity index (χ4n) is 3.74. The molecule has 1 unspecified atom stereocenters. The van der Waals surface area contributed by atoms with Crippen molar-refractivity contribution in [3.63, 3.8) is 0 Å². The lowest BCUT2D eigenvalue weighted by Gasteiger charge is -2.32. The number of nitrogens with zero attached hydrogens (tertiary/aromatic N) is 1. The van der Waals surface area contributed by atoms with E-state index in [1.165, 1.54) is 28.7 Å². The van der Waals surface area contributed by atoms with Gasteiger partial charge in [-0.3, -0.25) is 4.90 Å². The Morgan fingerprint density at radius 1 is 1.14 bits per heavy atom. The molecule has 4 rings (SSSR count). The summed E-state index contributed by atoms with van der Waals surface area (Å²) in [6.07, 6.45) is 6.24. The van der Waals surface area contributed by atoms with Crippen molar-refractivity contribution in [2.45, 2.75) is 26.0 Å². The van der Waals surface area contributed by atoms with Crippen molar-refractivity contribution in [1.29, 1.82) is 0 Å². The monoisotopic (exact) mass is 380 g/mol. The molecular formula is C23H25FN2O2. The molecule has 0 amide bonds. The molecule has 0 spiro atoms. The van der Waals surface area contributed by atoms with Crippen molar-refractivity contribution >= 4 is 10.9 Å². The molecule has 28 heavy (non-hydrogen) atoms. The molecule has 2 aromatic carbocycles. The van der Waals surface area contributed by atoms with Gasteiger partial charge in [-0.2, -0.15) is 0 Å². The molecule has 1 N–H and O–H groups in total. The number of halogens is 1. The van der Waals surface area contributed by atoms with Crippen LogP contribution < -0.4 is 9.47 Å². The number of fused-ring (bicyclic) bond motifs is 1. The molecule has 1 aliphatic heterocycles. The van der Waals surface area contributed by atoms with Crippen molar-refractivity contribution < 1.29 is 13.9 Å². The number of nitrogens with one attached hydrogen (secondary N) is 1. The first kappa shape index (κ1) is 18.6. The van der Waals surface area contributed by atoms with E-state index in [9.17, 15) is 4.39 Å². The van der Waals surface area contributed by atoms with Crippen LogP contribution in [0.1, 0.15) is 18.9 Å². The molecule has 0 aliphatic carbocycles. The first-order chi connectivity index (χ1) is 13.6. The maximum absolute atomic E-state index is 13.1. The third-order valence-corrected chi connectivity index (χ3v) is 5.28. The largest absolute Gasteiger partial charge is 0.497 e. The maximum atomic E-state index is 13.1. The summed E-state index contributed by atoms with van der Waals surface area (Å²) in [6, 6.07) is 12.3. The normalized spacial score (nSPS) is 16.0. The number of methoxy groups -OCH3 is 1. The van der Waals surface area contributed by atoms with Gasteiger partial charge in [0.25, 0.3) is 0 Å². The second-order valence-corrected chi connectivity index (χ2v) is 7.19. The summed E-state index contributed by atoms with van der Waals surface area (Å²) in [4.78, 5) is 5.66. The van der Waals surface area contributed by atoms with Gasteiger partial charge in [0.1, 0.15) is 23.5 Å². The zero-order valence-corrected chi connectivity index (χ0v) is 16.2. The van der Waals surface area contributed by atoms with E-state index in [0.29, 0.717) is 5.75 Å². The summed E-state index contributed by atoms with van der Waals surface area (Å²) >= 11 is 0. The van der Waals surface area contributed by atoms with E-state index in [1.807, 2.05) is 13.0 Å². The molecule has 0 fully saturated rings. The van der Waals surface area contributed by atoms with Crippen molar-refractivity contribution in [3.8, 4) is 11.5 Å². The molecule has 3 aromatic rings. The molecule has 146 valence electrons. The first-order valence-electron chi connectivity index (χ1n) is 9.60. The maximum Gasteiger partial charge on any atom is 0.150 e. The molecule has 0 saturated heterocycles. The number of aromatic amines is 1. The highest BCUT2D eigenvalue weighted by atomic mass is 19.1. The third-order valence-electron chi connectivity index (χ3n) is 5.28. The predicted molar refractivity (Wildman–Crippen MR) is 109 cm³/mol. The minimum atomic E-state index is -0.251. The molecule has 5 heteroatoms. The van der Waals surface area contributed by atoms with E-state index in [4.69, 9.17) is 9.47 Å². The number of ether oxygens (including phenoxy) is 2. The Hall–Kier alpha value is -2.79. The van der Waals surface area contributed by atoms with Gasteiger partial charge in [-0.05, 0) is 67.8 Å². The molecule has 1 atom stereocenters. The highest BCUT2D eigenvalue weighted by molar-refractivity contribution is 5.84. The van der Waals surface area contributed by atoms with Gasteiger partial charge in [0.2, 0.25) is 0 Å². The quantitative estimate of drug-likeness (QED) is 0.617. The lowest BCUT2D eigenvalue weighted by Crippen LogP contribution is -2.41. The Kier molecular flexibility index (Phi) is 5.35. The summed E-state index contributed by atoms with van der Waals surface area (Å²) in [7, 11) is 1.69. The average molecular weight is 380 g/mol. The molecule has 0 radical (unpaired) electrons. The standard InChI is InChI=1S/C23H25FN2O2/c1-16(28-20-7-5-19(24)6-8-20)26-11-3-4-17(15-26)12-18-14-25-23-10-9-21(27-2)13-22(18)23/h4-10,13-14,16,25H,3,11-12,15H2,1-2H3. The van der Waals surface area contributed by atoms with Crippen molar-refractivity contribution in [2.24, 2.45) is 0 Å². The van der Waals surface area contributed by atoms with E-state index < -0.39 is 0 Å². The van der Waals surface area contributed by atoms with E-state index >= 15 is 0 Å². The van der Waals surface area contributed by atoms with Gasteiger partial charge < -0.3 is 14.5 Å². The van der Waals surface area contributed by atoms with Crippen LogP contribution >= 0.6 is 0 Å². The summed E-state index contributed by atoms with van der Waals surface area (Å²) in [5, 5.41) is 1.20. The lowest BCUT2D eigenvalue weighted by molar-refractivity contribution is 0.0443. The Morgan fingerprint density at radius 2 is 1.93 bits per heavy atom.